The summed E-state index contributed by atoms with van der Waals surface area (Å²) in [7, 11) is 0. The molecular formula is C65H76N4O. The molecule has 6 aromatic carbocycles. The number of rotatable bonds is 7. The van der Waals surface area contributed by atoms with Gasteiger partial charge in [-0.05, 0) is 139 Å². The Bertz CT molecular complexity index is 3230. The summed E-state index contributed by atoms with van der Waals surface area (Å²) in [5.41, 5.74) is 15.5. The lowest BCUT2D eigenvalue weighted by Crippen LogP contribution is -2.26. The Hall–Kier alpha value is -6.33. The minimum Gasteiger partial charge on any atom is -0.457 e. The molecule has 5 heteroatoms. The Kier molecular flexibility index (Phi) is 11.8. The Morgan fingerprint density at radius 1 is 0.386 bits per heavy atom. The summed E-state index contributed by atoms with van der Waals surface area (Å²) in [5, 5.41) is 2.35. The molecule has 0 bridgehead atoms. The Morgan fingerprint density at radius 2 is 0.943 bits per heavy atom. The van der Waals surface area contributed by atoms with Crippen LogP contribution in [0, 0.1) is 0 Å². The smallest absolute Gasteiger partial charge is 0.137 e. The maximum Gasteiger partial charge on any atom is 0.137 e. The maximum atomic E-state index is 7.13. The zero-order valence-corrected chi connectivity index (χ0v) is 45.2. The number of benzene rings is 6. The molecule has 0 radical (unpaired) electrons. The molecule has 0 saturated heterocycles. The monoisotopic (exact) mass is 929 g/mol. The van der Waals surface area contributed by atoms with Gasteiger partial charge >= 0.3 is 0 Å². The summed E-state index contributed by atoms with van der Waals surface area (Å²) in [6.07, 6.45) is 1.95. The van der Waals surface area contributed by atoms with Crippen molar-refractivity contribution < 1.29 is 4.74 Å². The molecule has 1 aliphatic heterocycles. The van der Waals surface area contributed by atoms with E-state index < -0.39 is 0 Å². The summed E-state index contributed by atoms with van der Waals surface area (Å²) in [6, 6.07) is 49.9. The van der Waals surface area contributed by atoms with Gasteiger partial charge in [-0.3, -0.25) is 4.57 Å². The average molecular weight is 929 g/mol. The first kappa shape index (κ1) is 48.7. The van der Waals surface area contributed by atoms with Crippen molar-refractivity contribution in [2.45, 2.75) is 150 Å². The minimum absolute atomic E-state index is 0.00575. The fraction of sp³-hybridized carbons (Fsp3) is 0.369. The molecule has 8 aromatic rings. The minimum atomic E-state index is -0.194. The van der Waals surface area contributed by atoms with E-state index >= 15 is 0 Å². The Morgan fingerprint density at radius 3 is 1.56 bits per heavy atom. The quantitative estimate of drug-likeness (QED) is 0.159. The third-order valence-electron chi connectivity index (χ3n) is 14.8. The molecule has 0 amide bonds. The summed E-state index contributed by atoms with van der Waals surface area (Å²) in [5.74, 6) is 2.48. The highest BCUT2D eigenvalue weighted by Crippen LogP contribution is 2.49. The molecule has 0 saturated carbocycles. The van der Waals surface area contributed by atoms with Gasteiger partial charge in [0.25, 0.3) is 0 Å². The fourth-order valence-corrected chi connectivity index (χ4v) is 9.90. The van der Waals surface area contributed by atoms with E-state index in [-0.39, 0.29) is 32.5 Å². The van der Waals surface area contributed by atoms with E-state index in [1.807, 2.05) is 6.20 Å². The molecule has 0 spiro atoms. The number of anilines is 4. The van der Waals surface area contributed by atoms with E-state index in [0.29, 0.717) is 6.67 Å². The fourth-order valence-electron chi connectivity index (χ4n) is 9.90. The van der Waals surface area contributed by atoms with Gasteiger partial charge in [0.2, 0.25) is 0 Å². The average Bonchev–Trinajstić information content (AvgIpc) is 3.83. The highest BCUT2D eigenvalue weighted by Gasteiger charge is 2.33. The first-order valence-electron chi connectivity index (χ1n) is 25.4. The first-order chi connectivity index (χ1) is 32.6. The SMILES string of the molecule is CC(C)(C)c1cc(Oc2ccc3c4cc(C(C)(C)c5ccccc5)ccc4n(-c4cc(C(C)(C)C)ccn4)c3c2)cc(N2CN(c3cc(C(C)(C)C)cc(C(C)(C)C)c3)c3ccc(C(C)(C)C)cc32)c1. The van der Waals surface area contributed by atoms with Crippen LogP contribution in [0.3, 0.4) is 0 Å². The second kappa shape index (κ2) is 16.9. The summed E-state index contributed by atoms with van der Waals surface area (Å²) < 4.78 is 9.46. The van der Waals surface area contributed by atoms with Crippen LogP contribution >= 0.6 is 0 Å². The van der Waals surface area contributed by atoms with Crippen LogP contribution in [0.15, 0.2) is 140 Å². The van der Waals surface area contributed by atoms with Crippen molar-refractivity contribution >= 4 is 44.6 Å². The van der Waals surface area contributed by atoms with Crippen molar-refractivity contribution in [3.8, 4) is 17.3 Å². The Balaban J connectivity index is 1.19. The van der Waals surface area contributed by atoms with Crippen LogP contribution in [0.5, 0.6) is 11.5 Å². The van der Waals surface area contributed by atoms with Crippen LogP contribution < -0.4 is 14.5 Å². The van der Waals surface area contributed by atoms with Gasteiger partial charge in [-0.1, -0.05) is 166 Å². The van der Waals surface area contributed by atoms with Crippen molar-refractivity contribution in [1.82, 2.24) is 9.55 Å². The van der Waals surface area contributed by atoms with Gasteiger partial charge in [0.05, 0.1) is 22.4 Å². The second-order valence-electron chi connectivity index (χ2n) is 25.7. The predicted molar refractivity (Wildman–Crippen MR) is 299 cm³/mol. The van der Waals surface area contributed by atoms with Gasteiger partial charge in [-0.15, -0.1) is 0 Å². The van der Waals surface area contributed by atoms with E-state index in [2.05, 4.69) is 266 Å². The first-order valence-corrected chi connectivity index (χ1v) is 25.4. The van der Waals surface area contributed by atoms with Crippen LogP contribution in [0.4, 0.5) is 22.7 Å². The van der Waals surface area contributed by atoms with Gasteiger partial charge in [0.15, 0.2) is 0 Å². The van der Waals surface area contributed by atoms with Crippen LogP contribution in [-0.2, 0) is 32.5 Å². The molecule has 3 heterocycles. The zero-order chi connectivity index (χ0) is 50.5. The van der Waals surface area contributed by atoms with E-state index in [1.165, 1.54) is 61.4 Å². The standard InChI is InChI=1S/C65H76N4O/c1-60(2,3)43-23-28-56-58(37-43)68(41-67(56)49-32-46(62(7,8)9)31-47(33-49)63(10,11)12)50-34-48(64(13,14)15)35-52(39-50)70-51-25-26-53-54-36-45(65(16,17)42-21-19-18-20-22-42)24-27-55(54)69(57(53)40-51)59-38-44(29-30-66-59)61(4,5)6/h18-40H,41H2,1-17H3. The Labute approximate surface area is 419 Å². The second-order valence-corrected chi connectivity index (χ2v) is 25.7. The number of hydrogen-bond acceptors (Lipinski definition) is 4. The molecule has 0 aliphatic carbocycles. The van der Waals surface area contributed by atoms with Gasteiger partial charge in [0.1, 0.15) is 24.0 Å². The summed E-state index contributed by atoms with van der Waals surface area (Å²) >= 11 is 0. The molecular weight excluding hydrogens is 853 g/mol. The molecule has 2 aromatic heterocycles. The third-order valence-corrected chi connectivity index (χ3v) is 14.8. The van der Waals surface area contributed by atoms with Crippen molar-refractivity contribution in [2.75, 3.05) is 16.5 Å². The lowest BCUT2D eigenvalue weighted by molar-refractivity contribution is 0.479. The van der Waals surface area contributed by atoms with E-state index in [1.54, 1.807) is 0 Å². The van der Waals surface area contributed by atoms with E-state index in [9.17, 15) is 0 Å². The molecule has 5 nitrogen and oxygen atoms in total. The normalized spacial score (nSPS) is 14.0. The molecule has 362 valence electrons. The van der Waals surface area contributed by atoms with Crippen molar-refractivity contribution in [1.29, 1.82) is 0 Å². The maximum absolute atomic E-state index is 7.13. The number of nitrogens with zero attached hydrogens (tertiary/aromatic N) is 4. The number of pyridine rings is 1. The number of fused-ring (bicyclic) bond motifs is 4. The van der Waals surface area contributed by atoms with Crippen LogP contribution in [0.25, 0.3) is 27.6 Å². The predicted octanol–water partition coefficient (Wildman–Crippen LogP) is 18.0. The van der Waals surface area contributed by atoms with Gasteiger partial charge < -0.3 is 14.5 Å². The van der Waals surface area contributed by atoms with Crippen LogP contribution in [0.1, 0.15) is 157 Å². The lowest BCUT2D eigenvalue weighted by Gasteiger charge is -2.29. The molecule has 0 N–H and O–H groups in total. The van der Waals surface area contributed by atoms with Gasteiger partial charge in [-0.2, -0.15) is 0 Å². The van der Waals surface area contributed by atoms with E-state index in [0.717, 1.165) is 39.4 Å². The zero-order valence-electron chi connectivity index (χ0n) is 45.2. The molecule has 1 aliphatic rings. The summed E-state index contributed by atoms with van der Waals surface area (Å²) in [4.78, 5) is 10.0. The van der Waals surface area contributed by atoms with Crippen molar-refractivity contribution in [3.63, 3.8) is 0 Å². The van der Waals surface area contributed by atoms with Crippen LogP contribution in [0.2, 0.25) is 0 Å². The number of ether oxygens (including phenoxy) is 1. The third kappa shape index (κ3) is 9.25. The molecule has 70 heavy (non-hydrogen) atoms. The molecule has 0 atom stereocenters. The molecule has 0 unspecified atom stereocenters. The number of hydrogen-bond donors (Lipinski definition) is 0. The molecule has 9 rings (SSSR count). The van der Waals surface area contributed by atoms with Crippen molar-refractivity contribution in [2.24, 2.45) is 0 Å². The molecule has 0 fully saturated rings. The highest BCUT2D eigenvalue weighted by molar-refractivity contribution is 6.10. The largest absolute Gasteiger partial charge is 0.457 e. The van der Waals surface area contributed by atoms with E-state index in [4.69, 9.17) is 9.72 Å². The topological polar surface area (TPSA) is 33.5 Å². The summed E-state index contributed by atoms with van der Waals surface area (Å²) in [6.45, 7) is 39.8. The van der Waals surface area contributed by atoms with Crippen molar-refractivity contribution in [3.05, 3.63) is 179 Å². The highest BCUT2D eigenvalue weighted by atomic mass is 16.5. The van der Waals surface area contributed by atoms with Gasteiger partial charge in [0, 0.05) is 45.9 Å². The van der Waals surface area contributed by atoms with Gasteiger partial charge in [-0.25, -0.2) is 4.98 Å². The van der Waals surface area contributed by atoms with Crippen LogP contribution in [-0.4, -0.2) is 16.2 Å². The lowest BCUT2D eigenvalue weighted by atomic mass is 9.78. The number of aromatic nitrogens is 2.